The summed E-state index contributed by atoms with van der Waals surface area (Å²) in [5.41, 5.74) is 1.01. The quantitative estimate of drug-likeness (QED) is 0.831. The van der Waals surface area contributed by atoms with Crippen LogP contribution in [0.3, 0.4) is 0 Å². The van der Waals surface area contributed by atoms with Gasteiger partial charge >= 0.3 is 0 Å². The first kappa shape index (κ1) is 19.3. The molecule has 4 aliphatic heterocycles. The number of hydrogen-bond acceptors (Lipinski definition) is 7. The number of hydrogen-bond donors (Lipinski definition) is 2. The molecule has 4 aliphatic rings. The van der Waals surface area contributed by atoms with Crippen molar-refractivity contribution >= 4 is 0 Å². The summed E-state index contributed by atoms with van der Waals surface area (Å²) in [6.07, 6.45) is -2.30. The summed E-state index contributed by atoms with van der Waals surface area (Å²) in [7, 11) is 3.01. The molecular formula is C20H24O7. The summed E-state index contributed by atoms with van der Waals surface area (Å²) in [6, 6.07) is 10.2. The molecule has 2 aromatic rings. The minimum Gasteiger partial charge on any atom is -0.493 e. The van der Waals surface area contributed by atoms with Crippen LogP contribution in [0.25, 0.3) is 0 Å². The molecule has 0 radical (unpaired) electrons. The van der Waals surface area contributed by atoms with Crippen molar-refractivity contribution in [1.29, 1.82) is 0 Å². The lowest BCUT2D eigenvalue weighted by molar-refractivity contribution is 0.0169. The van der Waals surface area contributed by atoms with Crippen LogP contribution in [-0.4, -0.2) is 50.9 Å². The molecule has 4 heterocycles. The highest BCUT2D eigenvalue weighted by molar-refractivity contribution is 5.54. The summed E-state index contributed by atoms with van der Waals surface area (Å²) in [4.78, 5) is 0. The minimum atomic E-state index is -1.17. The van der Waals surface area contributed by atoms with Gasteiger partial charge in [0.05, 0.1) is 27.4 Å². The van der Waals surface area contributed by atoms with E-state index in [2.05, 4.69) is 0 Å². The Labute approximate surface area is 158 Å². The molecule has 0 saturated heterocycles. The van der Waals surface area contributed by atoms with E-state index in [1.807, 2.05) is 0 Å². The van der Waals surface area contributed by atoms with Gasteiger partial charge < -0.3 is 33.9 Å². The van der Waals surface area contributed by atoms with E-state index in [0.717, 1.165) is 0 Å². The van der Waals surface area contributed by atoms with Crippen molar-refractivity contribution in [1.82, 2.24) is 0 Å². The summed E-state index contributed by atoms with van der Waals surface area (Å²) in [6.45, 7) is 1.48. The topological polar surface area (TPSA) is 86.6 Å². The number of methoxy groups -OCH3 is 2. The van der Waals surface area contributed by atoms with Crippen LogP contribution in [-0.2, 0) is 4.74 Å². The molecule has 0 saturated carbocycles. The molecular weight excluding hydrogens is 352 g/mol. The SMILES string of the molecule is COc1cc2cc(OC)c1OCCOCCOc1ccc(cc1)[C@H](O)[C@H]2O. The Hall–Kier alpha value is -2.48. The smallest absolute Gasteiger partial charge is 0.203 e. The van der Waals surface area contributed by atoms with Crippen LogP contribution in [0, 0.1) is 0 Å². The van der Waals surface area contributed by atoms with Crippen molar-refractivity contribution in [2.24, 2.45) is 0 Å². The Morgan fingerprint density at radius 2 is 1.33 bits per heavy atom. The number of rotatable bonds is 2. The van der Waals surface area contributed by atoms with Gasteiger partial charge in [0.1, 0.15) is 31.2 Å². The van der Waals surface area contributed by atoms with E-state index in [4.69, 9.17) is 23.7 Å². The second-order valence-electron chi connectivity index (χ2n) is 6.02. The fourth-order valence-corrected chi connectivity index (χ4v) is 2.86. The van der Waals surface area contributed by atoms with Gasteiger partial charge in [0.25, 0.3) is 0 Å². The zero-order valence-electron chi connectivity index (χ0n) is 15.4. The fraction of sp³-hybridized carbons (Fsp3) is 0.400. The van der Waals surface area contributed by atoms with E-state index in [-0.39, 0.29) is 0 Å². The Morgan fingerprint density at radius 1 is 0.778 bits per heavy atom. The third-order valence-corrected chi connectivity index (χ3v) is 4.32. The van der Waals surface area contributed by atoms with Crippen LogP contribution < -0.4 is 18.9 Å². The second kappa shape index (κ2) is 8.94. The van der Waals surface area contributed by atoms with E-state index >= 15 is 0 Å². The lowest BCUT2D eigenvalue weighted by Gasteiger charge is -2.21. The van der Waals surface area contributed by atoms with Crippen LogP contribution >= 0.6 is 0 Å². The van der Waals surface area contributed by atoms with E-state index in [1.165, 1.54) is 14.2 Å². The molecule has 6 rings (SSSR count). The standard InChI is InChI=1S/C20H24O7/c1-23-16-11-14-12-17(24-2)20(16)27-10-8-25-7-9-26-15-5-3-13(4-6-15)18(21)19(14)22/h3-6,11-12,18-19,21-22H,7-10H2,1-2H3/t18-,19-/m0/s1. The van der Waals surface area contributed by atoms with Crippen molar-refractivity contribution < 1.29 is 33.9 Å². The number of benzene rings is 2. The van der Waals surface area contributed by atoms with Gasteiger partial charge in [-0.3, -0.25) is 0 Å². The van der Waals surface area contributed by atoms with Gasteiger partial charge in [0.15, 0.2) is 11.5 Å². The van der Waals surface area contributed by atoms with Crippen LogP contribution in [0.4, 0.5) is 0 Å². The van der Waals surface area contributed by atoms with Crippen molar-refractivity contribution in [2.75, 3.05) is 40.6 Å². The predicted molar refractivity (Wildman–Crippen MR) is 97.7 cm³/mol. The lowest BCUT2D eigenvalue weighted by atomic mass is 9.97. The molecule has 7 heteroatoms. The molecule has 27 heavy (non-hydrogen) atoms. The lowest BCUT2D eigenvalue weighted by Crippen LogP contribution is -2.13. The number of aliphatic hydroxyl groups is 2. The van der Waals surface area contributed by atoms with Crippen LogP contribution in [0.2, 0.25) is 0 Å². The molecule has 0 amide bonds. The first-order valence-corrected chi connectivity index (χ1v) is 8.69. The van der Waals surface area contributed by atoms with Gasteiger partial charge in [0, 0.05) is 0 Å². The van der Waals surface area contributed by atoms with Gasteiger partial charge in [-0.2, -0.15) is 0 Å². The van der Waals surface area contributed by atoms with Gasteiger partial charge in [0.2, 0.25) is 5.75 Å². The normalized spacial score (nSPS) is 20.4. The Balaban J connectivity index is 1.99. The highest BCUT2D eigenvalue weighted by Gasteiger charge is 2.24. The first-order chi connectivity index (χ1) is 13.1. The third-order valence-electron chi connectivity index (χ3n) is 4.32. The Kier molecular flexibility index (Phi) is 6.39. The summed E-state index contributed by atoms with van der Waals surface area (Å²) in [5.74, 6) is 1.88. The van der Waals surface area contributed by atoms with E-state index in [0.29, 0.717) is 60.6 Å². The van der Waals surface area contributed by atoms with E-state index in [9.17, 15) is 10.2 Å². The highest BCUT2D eigenvalue weighted by Crippen LogP contribution is 2.42. The maximum absolute atomic E-state index is 10.7. The predicted octanol–water partition coefficient (Wildman–Crippen LogP) is 2.26. The average Bonchev–Trinajstić information content (AvgIpc) is 2.71. The monoisotopic (exact) mass is 376 g/mol. The molecule has 0 aromatic heterocycles. The molecule has 2 N–H and O–H groups in total. The largest absolute Gasteiger partial charge is 0.493 e. The van der Waals surface area contributed by atoms with Crippen molar-refractivity contribution in [2.45, 2.75) is 12.2 Å². The maximum atomic E-state index is 10.7. The molecule has 2 atom stereocenters. The van der Waals surface area contributed by atoms with E-state index in [1.54, 1.807) is 36.4 Å². The Bertz CT molecular complexity index is 719. The zero-order valence-corrected chi connectivity index (χ0v) is 15.4. The zero-order chi connectivity index (χ0) is 19.2. The Morgan fingerprint density at radius 3 is 1.93 bits per heavy atom. The summed E-state index contributed by atoms with van der Waals surface area (Å²) >= 11 is 0. The van der Waals surface area contributed by atoms with Crippen molar-refractivity contribution in [3.8, 4) is 23.0 Å². The molecule has 0 aliphatic carbocycles. The number of aliphatic hydroxyl groups excluding tert-OH is 2. The fourth-order valence-electron chi connectivity index (χ4n) is 2.86. The van der Waals surface area contributed by atoms with Gasteiger partial charge in [-0.1, -0.05) is 12.1 Å². The van der Waals surface area contributed by atoms with Gasteiger partial charge in [-0.05, 0) is 35.4 Å². The molecule has 146 valence electrons. The molecule has 4 bridgehead atoms. The highest BCUT2D eigenvalue weighted by atomic mass is 16.6. The first-order valence-electron chi connectivity index (χ1n) is 8.69. The maximum Gasteiger partial charge on any atom is 0.203 e. The van der Waals surface area contributed by atoms with Crippen LogP contribution in [0.1, 0.15) is 23.3 Å². The van der Waals surface area contributed by atoms with Crippen LogP contribution in [0.15, 0.2) is 36.4 Å². The molecule has 0 unspecified atom stereocenters. The molecule has 0 fully saturated rings. The second-order valence-corrected chi connectivity index (χ2v) is 6.02. The minimum absolute atomic E-state index is 0.297. The van der Waals surface area contributed by atoms with Crippen molar-refractivity contribution in [3.63, 3.8) is 0 Å². The summed E-state index contributed by atoms with van der Waals surface area (Å²) in [5, 5.41) is 21.3. The molecule has 7 nitrogen and oxygen atoms in total. The van der Waals surface area contributed by atoms with Crippen molar-refractivity contribution in [3.05, 3.63) is 47.5 Å². The molecule has 2 aromatic carbocycles. The number of ether oxygens (including phenoxy) is 5. The average molecular weight is 376 g/mol. The summed E-state index contributed by atoms with van der Waals surface area (Å²) < 4.78 is 27.6. The third kappa shape index (κ3) is 4.44. The van der Waals surface area contributed by atoms with Gasteiger partial charge in [-0.25, -0.2) is 0 Å². The van der Waals surface area contributed by atoms with E-state index < -0.39 is 12.2 Å². The van der Waals surface area contributed by atoms with Gasteiger partial charge in [-0.15, -0.1) is 0 Å². The molecule has 0 spiro atoms. The van der Waals surface area contributed by atoms with Crippen LogP contribution in [0.5, 0.6) is 23.0 Å².